The summed E-state index contributed by atoms with van der Waals surface area (Å²) in [6.45, 7) is 3.37. The Balaban J connectivity index is 1.61. The molecule has 0 spiro atoms. The van der Waals surface area contributed by atoms with Crippen LogP contribution in [0, 0.1) is 6.92 Å². The first-order valence-electron chi connectivity index (χ1n) is 8.32. The van der Waals surface area contributed by atoms with Crippen LogP contribution in [0.15, 0.2) is 48.0 Å². The van der Waals surface area contributed by atoms with Gasteiger partial charge in [-0.15, -0.1) is 0 Å². The zero-order chi connectivity index (χ0) is 17.2. The van der Waals surface area contributed by atoms with E-state index in [0.29, 0.717) is 12.4 Å². The molecule has 0 radical (unpaired) electrons. The summed E-state index contributed by atoms with van der Waals surface area (Å²) in [6.07, 6.45) is 10.8. The molecular formula is C17H19N7O. The summed E-state index contributed by atoms with van der Waals surface area (Å²) < 4.78 is 3.32. The number of hydrogen-bond donors (Lipinski definition) is 0. The van der Waals surface area contributed by atoms with E-state index in [0.717, 1.165) is 30.9 Å². The van der Waals surface area contributed by atoms with E-state index < -0.39 is 0 Å². The minimum absolute atomic E-state index is 0.106. The quantitative estimate of drug-likeness (QED) is 0.711. The van der Waals surface area contributed by atoms with Gasteiger partial charge in [-0.05, 0) is 25.8 Å². The van der Waals surface area contributed by atoms with Crippen molar-refractivity contribution in [3.63, 3.8) is 0 Å². The number of rotatable bonds is 4. The van der Waals surface area contributed by atoms with E-state index in [1.807, 2.05) is 6.92 Å². The molecule has 1 unspecified atom stereocenters. The molecule has 1 saturated heterocycles. The zero-order valence-corrected chi connectivity index (χ0v) is 14.0. The average molecular weight is 337 g/mol. The van der Waals surface area contributed by atoms with Crippen molar-refractivity contribution in [2.24, 2.45) is 0 Å². The summed E-state index contributed by atoms with van der Waals surface area (Å²) in [5.74, 6) is 1.54. The minimum atomic E-state index is -0.106. The third-order valence-corrected chi connectivity index (χ3v) is 4.42. The topological polar surface area (TPSA) is 81.7 Å². The number of aromatic nitrogens is 6. The van der Waals surface area contributed by atoms with E-state index in [1.165, 1.54) is 4.68 Å². The molecule has 3 aromatic rings. The zero-order valence-electron chi connectivity index (χ0n) is 14.0. The van der Waals surface area contributed by atoms with Gasteiger partial charge < -0.3 is 4.90 Å². The van der Waals surface area contributed by atoms with E-state index in [4.69, 9.17) is 0 Å². The predicted octanol–water partition coefficient (Wildman–Crippen LogP) is 1.20. The third kappa shape index (κ3) is 3.15. The highest BCUT2D eigenvalue weighted by atomic mass is 16.1. The van der Waals surface area contributed by atoms with Crippen LogP contribution in [0.2, 0.25) is 0 Å². The van der Waals surface area contributed by atoms with Gasteiger partial charge in [0.15, 0.2) is 5.82 Å². The molecule has 128 valence electrons. The lowest BCUT2D eigenvalue weighted by Crippen LogP contribution is -2.37. The highest BCUT2D eigenvalue weighted by Gasteiger charge is 2.27. The van der Waals surface area contributed by atoms with E-state index in [1.54, 1.807) is 47.8 Å². The second-order valence-electron chi connectivity index (χ2n) is 6.19. The fourth-order valence-electron chi connectivity index (χ4n) is 3.22. The Morgan fingerprint density at radius 3 is 2.92 bits per heavy atom. The Kier molecular flexibility index (Phi) is 4.01. The van der Waals surface area contributed by atoms with Gasteiger partial charge in [0.1, 0.15) is 12.1 Å². The number of nitrogens with zero attached hydrogens (tertiary/aromatic N) is 7. The maximum absolute atomic E-state index is 12.3. The Bertz CT molecular complexity index is 919. The molecule has 4 heterocycles. The fraction of sp³-hybridized carbons (Fsp3) is 0.353. The van der Waals surface area contributed by atoms with Crippen LogP contribution in [-0.2, 0) is 6.54 Å². The van der Waals surface area contributed by atoms with Crippen molar-refractivity contribution < 1.29 is 0 Å². The molecule has 25 heavy (non-hydrogen) atoms. The second-order valence-corrected chi connectivity index (χ2v) is 6.19. The van der Waals surface area contributed by atoms with Crippen LogP contribution in [-0.4, -0.2) is 41.9 Å². The monoisotopic (exact) mass is 337 g/mol. The Morgan fingerprint density at radius 2 is 2.12 bits per heavy atom. The summed E-state index contributed by atoms with van der Waals surface area (Å²) in [5, 5.41) is 4.49. The summed E-state index contributed by atoms with van der Waals surface area (Å²) in [7, 11) is 0. The lowest BCUT2D eigenvalue weighted by molar-refractivity contribution is 0.484. The first-order valence-corrected chi connectivity index (χ1v) is 8.32. The van der Waals surface area contributed by atoms with Gasteiger partial charge in [-0.3, -0.25) is 14.3 Å². The van der Waals surface area contributed by atoms with Gasteiger partial charge in [-0.1, -0.05) is 0 Å². The van der Waals surface area contributed by atoms with Crippen molar-refractivity contribution in [1.82, 2.24) is 29.3 Å². The lowest BCUT2D eigenvalue weighted by Gasteiger charge is -2.25. The molecule has 8 heteroatoms. The van der Waals surface area contributed by atoms with Crippen LogP contribution in [0.25, 0.3) is 5.82 Å². The van der Waals surface area contributed by atoms with E-state index in [2.05, 4.69) is 25.0 Å². The molecule has 0 amide bonds. The Hall–Kier alpha value is -3.03. The fourth-order valence-corrected chi connectivity index (χ4v) is 3.22. The van der Waals surface area contributed by atoms with Crippen LogP contribution >= 0.6 is 0 Å². The van der Waals surface area contributed by atoms with Gasteiger partial charge in [0.2, 0.25) is 0 Å². The maximum Gasteiger partial charge on any atom is 0.266 e. The smallest absolute Gasteiger partial charge is 0.266 e. The van der Waals surface area contributed by atoms with Crippen molar-refractivity contribution >= 4 is 5.82 Å². The maximum atomic E-state index is 12.3. The van der Waals surface area contributed by atoms with Crippen LogP contribution < -0.4 is 10.5 Å². The molecule has 0 aromatic carbocycles. The number of anilines is 1. The third-order valence-electron chi connectivity index (χ3n) is 4.42. The number of aryl methyl sites for hydroxylation is 1. The van der Waals surface area contributed by atoms with Gasteiger partial charge in [-0.2, -0.15) is 5.10 Å². The van der Waals surface area contributed by atoms with Crippen LogP contribution in [0.5, 0.6) is 0 Å². The Morgan fingerprint density at radius 1 is 1.20 bits per heavy atom. The molecule has 4 rings (SSSR count). The molecule has 1 aliphatic rings. The standard InChI is InChI=1S/C17H19N7O/c1-13-9-19-10-16(20-13)23-7-2-3-14(23)11-24-17(25)5-4-15(21-24)22-8-6-18-12-22/h4-6,8-10,12,14H,2-3,7,11H2,1H3. The molecule has 0 saturated carbocycles. The van der Waals surface area contributed by atoms with E-state index in [-0.39, 0.29) is 11.6 Å². The van der Waals surface area contributed by atoms with Gasteiger partial charge in [0, 0.05) is 31.2 Å². The van der Waals surface area contributed by atoms with Crippen molar-refractivity contribution in [2.75, 3.05) is 11.4 Å². The predicted molar refractivity (Wildman–Crippen MR) is 92.8 cm³/mol. The van der Waals surface area contributed by atoms with Crippen LogP contribution in [0.4, 0.5) is 5.82 Å². The molecule has 8 nitrogen and oxygen atoms in total. The van der Waals surface area contributed by atoms with Gasteiger partial charge >= 0.3 is 0 Å². The SMILES string of the molecule is Cc1cncc(N2CCCC2Cn2nc(-n3ccnc3)ccc2=O)n1. The van der Waals surface area contributed by atoms with Gasteiger partial charge in [0.25, 0.3) is 5.56 Å². The average Bonchev–Trinajstić information content (AvgIpc) is 3.28. The van der Waals surface area contributed by atoms with Gasteiger partial charge in [0.05, 0.1) is 24.5 Å². The molecule has 0 bridgehead atoms. The summed E-state index contributed by atoms with van der Waals surface area (Å²) >= 11 is 0. The molecule has 1 fully saturated rings. The first kappa shape index (κ1) is 15.5. The Labute approximate surface area is 144 Å². The van der Waals surface area contributed by atoms with E-state index in [9.17, 15) is 4.79 Å². The summed E-state index contributed by atoms with van der Waals surface area (Å²) in [6, 6.07) is 3.44. The first-order chi connectivity index (χ1) is 12.2. The van der Waals surface area contributed by atoms with Crippen LogP contribution in [0.1, 0.15) is 18.5 Å². The molecule has 1 aliphatic heterocycles. The van der Waals surface area contributed by atoms with Gasteiger partial charge in [-0.25, -0.2) is 14.6 Å². The number of hydrogen-bond acceptors (Lipinski definition) is 6. The van der Waals surface area contributed by atoms with Crippen molar-refractivity contribution in [2.45, 2.75) is 32.4 Å². The lowest BCUT2D eigenvalue weighted by atomic mass is 10.2. The minimum Gasteiger partial charge on any atom is -0.350 e. The molecule has 0 aliphatic carbocycles. The van der Waals surface area contributed by atoms with Crippen molar-refractivity contribution in [3.05, 3.63) is 59.3 Å². The highest BCUT2D eigenvalue weighted by molar-refractivity contribution is 5.39. The molecule has 0 N–H and O–H groups in total. The molecule has 3 aromatic heterocycles. The largest absolute Gasteiger partial charge is 0.350 e. The van der Waals surface area contributed by atoms with Crippen molar-refractivity contribution in [3.8, 4) is 5.82 Å². The highest BCUT2D eigenvalue weighted by Crippen LogP contribution is 2.24. The second kappa shape index (κ2) is 6.46. The molecular weight excluding hydrogens is 318 g/mol. The summed E-state index contributed by atoms with van der Waals surface area (Å²) in [4.78, 5) is 27.3. The molecule has 1 atom stereocenters. The van der Waals surface area contributed by atoms with Crippen molar-refractivity contribution in [1.29, 1.82) is 0 Å². The van der Waals surface area contributed by atoms with Crippen LogP contribution in [0.3, 0.4) is 0 Å². The summed E-state index contributed by atoms with van der Waals surface area (Å²) in [5.41, 5.74) is 0.784. The normalized spacial score (nSPS) is 17.2. The number of imidazole rings is 1. The van der Waals surface area contributed by atoms with E-state index >= 15 is 0 Å².